The Labute approximate surface area is 246 Å². The molecule has 43 heavy (non-hydrogen) atoms. The van der Waals surface area contributed by atoms with Gasteiger partial charge in [0.15, 0.2) is 0 Å². The van der Waals surface area contributed by atoms with E-state index in [-0.39, 0.29) is 63.9 Å². The molecule has 0 aliphatic heterocycles. The van der Waals surface area contributed by atoms with E-state index in [1.807, 2.05) is 0 Å². The summed E-state index contributed by atoms with van der Waals surface area (Å²) in [4.78, 5) is 95.5. The predicted octanol–water partition coefficient (Wildman–Crippen LogP) is -1.82. The standard InChI is InChI=1S/C25H40N4O14/c1-16(30)10-27(11-19(31)32)8-4-2-6-17(25(42)43)26-24(41)18(29(14-22(37)38)15-23(39)40)7-3-5-9-28(12-20(33)34)13-21(35)36/h17-18H,2-15H2,1H3,(H,26,41)(H,31,32)(H,33,34)(H,35,36)(H,37,38)(H,39,40)(H,42,43)/t17-,18-/m0/s1. The van der Waals surface area contributed by atoms with Gasteiger partial charge in [0.2, 0.25) is 5.91 Å². The van der Waals surface area contributed by atoms with Gasteiger partial charge in [0, 0.05) is 0 Å². The molecule has 0 spiro atoms. The SMILES string of the molecule is CC(=O)CN(CCCC[C@H](NC(=O)[C@H](CCCCN(CC(=O)O)CC(=O)O)N(CC(=O)O)CC(=O)O)C(=O)O)CC(=O)O. The summed E-state index contributed by atoms with van der Waals surface area (Å²) in [6.45, 7) is -1.90. The molecule has 0 rings (SSSR count). The van der Waals surface area contributed by atoms with Crippen molar-refractivity contribution >= 4 is 47.5 Å². The van der Waals surface area contributed by atoms with Gasteiger partial charge in [-0.3, -0.25) is 48.3 Å². The molecule has 1 amide bonds. The normalized spacial score (nSPS) is 12.6. The first-order valence-corrected chi connectivity index (χ1v) is 13.3. The molecule has 0 bridgehead atoms. The Bertz CT molecular complexity index is 956. The maximum absolute atomic E-state index is 13.2. The van der Waals surface area contributed by atoms with Gasteiger partial charge >= 0.3 is 35.8 Å². The Kier molecular flexibility index (Phi) is 18.7. The Morgan fingerprint density at radius 1 is 0.558 bits per heavy atom. The minimum atomic E-state index is -1.45. The number of ketones is 1. The summed E-state index contributed by atoms with van der Waals surface area (Å²) in [7, 11) is 0. The van der Waals surface area contributed by atoms with Crippen molar-refractivity contribution in [3.63, 3.8) is 0 Å². The van der Waals surface area contributed by atoms with Crippen molar-refractivity contribution in [1.82, 2.24) is 20.0 Å². The zero-order valence-electron chi connectivity index (χ0n) is 23.8. The quantitative estimate of drug-likeness (QED) is 0.0524. The third kappa shape index (κ3) is 19.6. The van der Waals surface area contributed by atoms with Crippen molar-refractivity contribution in [1.29, 1.82) is 0 Å². The van der Waals surface area contributed by atoms with Gasteiger partial charge in [-0.05, 0) is 52.1 Å². The molecule has 0 saturated heterocycles. The van der Waals surface area contributed by atoms with E-state index in [0.29, 0.717) is 0 Å². The van der Waals surface area contributed by atoms with E-state index < -0.39 is 86.5 Å². The zero-order valence-corrected chi connectivity index (χ0v) is 23.8. The highest BCUT2D eigenvalue weighted by Crippen LogP contribution is 2.13. The summed E-state index contributed by atoms with van der Waals surface area (Å²) in [5.74, 6) is -9.19. The van der Waals surface area contributed by atoms with Crippen LogP contribution in [0.2, 0.25) is 0 Å². The van der Waals surface area contributed by atoms with Gasteiger partial charge in [-0.1, -0.05) is 6.42 Å². The van der Waals surface area contributed by atoms with Crippen LogP contribution in [0.15, 0.2) is 0 Å². The Morgan fingerprint density at radius 2 is 0.953 bits per heavy atom. The Morgan fingerprint density at radius 3 is 1.33 bits per heavy atom. The molecular weight excluding hydrogens is 580 g/mol. The number of nitrogens with one attached hydrogen (secondary N) is 1. The van der Waals surface area contributed by atoms with Crippen LogP contribution in [-0.4, -0.2) is 157 Å². The molecule has 0 aliphatic rings. The van der Waals surface area contributed by atoms with Crippen molar-refractivity contribution in [3.8, 4) is 0 Å². The van der Waals surface area contributed by atoms with Gasteiger partial charge in [0.05, 0.1) is 45.3 Å². The second kappa shape index (κ2) is 20.7. The van der Waals surface area contributed by atoms with Crippen LogP contribution in [-0.2, 0) is 38.4 Å². The van der Waals surface area contributed by atoms with E-state index in [0.717, 1.165) is 9.80 Å². The number of carboxylic acid groups (broad SMARTS) is 6. The van der Waals surface area contributed by atoms with Gasteiger partial charge in [-0.25, -0.2) is 4.79 Å². The molecule has 0 aliphatic carbocycles. The highest BCUT2D eigenvalue weighted by molar-refractivity contribution is 5.88. The lowest BCUT2D eigenvalue weighted by Crippen LogP contribution is -2.54. The van der Waals surface area contributed by atoms with Gasteiger partial charge in [-0.2, -0.15) is 0 Å². The van der Waals surface area contributed by atoms with Crippen LogP contribution in [0.1, 0.15) is 45.4 Å². The highest BCUT2D eigenvalue weighted by atomic mass is 16.4. The van der Waals surface area contributed by atoms with Crippen molar-refractivity contribution in [2.45, 2.75) is 57.5 Å². The smallest absolute Gasteiger partial charge is 0.326 e. The van der Waals surface area contributed by atoms with Gasteiger partial charge in [-0.15, -0.1) is 0 Å². The molecule has 0 saturated carbocycles. The summed E-state index contributed by atoms with van der Waals surface area (Å²) < 4.78 is 0. The number of carbonyl (C=O) groups excluding carboxylic acids is 2. The van der Waals surface area contributed by atoms with Crippen LogP contribution in [0.25, 0.3) is 0 Å². The molecule has 0 aromatic rings. The lowest BCUT2D eigenvalue weighted by atomic mass is 10.0. The van der Waals surface area contributed by atoms with E-state index in [4.69, 9.17) is 15.3 Å². The van der Waals surface area contributed by atoms with Crippen molar-refractivity contribution in [2.75, 3.05) is 52.4 Å². The molecule has 0 heterocycles. The lowest BCUT2D eigenvalue weighted by molar-refractivity contribution is -0.147. The number of amides is 1. The number of carboxylic acids is 6. The lowest BCUT2D eigenvalue weighted by Gasteiger charge is -2.29. The van der Waals surface area contributed by atoms with Crippen LogP contribution in [0.4, 0.5) is 0 Å². The number of Topliss-reactive ketones (excluding diaryl/α,β-unsaturated/α-hetero) is 1. The number of hydrogen-bond donors (Lipinski definition) is 7. The fourth-order valence-electron chi connectivity index (χ4n) is 4.30. The number of unbranched alkanes of at least 4 members (excludes halogenated alkanes) is 2. The van der Waals surface area contributed by atoms with Crippen LogP contribution in [0.5, 0.6) is 0 Å². The second-order valence-electron chi connectivity index (χ2n) is 9.90. The second-order valence-corrected chi connectivity index (χ2v) is 9.90. The average Bonchev–Trinajstić information content (AvgIpc) is 2.82. The Hall–Kier alpha value is -4.16. The third-order valence-corrected chi connectivity index (χ3v) is 5.98. The molecule has 2 atom stereocenters. The molecule has 0 aromatic carbocycles. The number of rotatable bonds is 26. The highest BCUT2D eigenvalue weighted by Gasteiger charge is 2.32. The summed E-state index contributed by atoms with van der Waals surface area (Å²) in [6, 6.07) is -2.85. The van der Waals surface area contributed by atoms with Gasteiger partial charge in [0.25, 0.3) is 0 Å². The number of hydrogen-bond acceptors (Lipinski definition) is 11. The van der Waals surface area contributed by atoms with E-state index in [1.54, 1.807) is 0 Å². The van der Waals surface area contributed by atoms with Gasteiger partial charge < -0.3 is 36.0 Å². The number of aliphatic carboxylic acids is 6. The maximum atomic E-state index is 13.2. The van der Waals surface area contributed by atoms with Crippen LogP contribution in [0.3, 0.4) is 0 Å². The first kappa shape index (κ1) is 38.8. The summed E-state index contributed by atoms with van der Waals surface area (Å²) in [5, 5.41) is 57.4. The molecular formula is C25H40N4O14. The van der Waals surface area contributed by atoms with Crippen LogP contribution in [0, 0.1) is 0 Å². The van der Waals surface area contributed by atoms with Crippen molar-refractivity contribution in [3.05, 3.63) is 0 Å². The molecule has 0 unspecified atom stereocenters. The summed E-state index contributed by atoms with van der Waals surface area (Å²) in [6.07, 6.45) is 0.502. The molecule has 0 aromatic heterocycles. The number of carbonyl (C=O) groups is 8. The van der Waals surface area contributed by atoms with E-state index in [1.165, 1.54) is 11.8 Å². The largest absolute Gasteiger partial charge is 0.480 e. The summed E-state index contributed by atoms with van der Waals surface area (Å²) >= 11 is 0. The van der Waals surface area contributed by atoms with E-state index >= 15 is 0 Å². The molecule has 244 valence electrons. The fourth-order valence-corrected chi connectivity index (χ4v) is 4.30. The maximum Gasteiger partial charge on any atom is 0.326 e. The van der Waals surface area contributed by atoms with Crippen LogP contribution >= 0.6 is 0 Å². The molecule has 0 radical (unpaired) electrons. The van der Waals surface area contributed by atoms with Gasteiger partial charge in [0.1, 0.15) is 11.8 Å². The van der Waals surface area contributed by atoms with Crippen LogP contribution < -0.4 is 5.32 Å². The monoisotopic (exact) mass is 620 g/mol. The predicted molar refractivity (Wildman–Crippen MR) is 144 cm³/mol. The topological polar surface area (TPSA) is 280 Å². The summed E-state index contributed by atoms with van der Waals surface area (Å²) in [5.41, 5.74) is 0. The first-order chi connectivity index (χ1) is 20.0. The van der Waals surface area contributed by atoms with E-state index in [2.05, 4.69) is 5.32 Å². The minimum absolute atomic E-state index is 0.00885. The first-order valence-electron chi connectivity index (χ1n) is 13.3. The average molecular weight is 621 g/mol. The molecule has 7 N–H and O–H groups in total. The molecule has 18 heteroatoms. The fraction of sp³-hybridized carbons (Fsp3) is 0.680. The zero-order chi connectivity index (χ0) is 33.1. The molecule has 18 nitrogen and oxygen atoms in total. The molecule has 0 fully saturated rings. The van der Waals surface area contributed by atoms with Crippen molar-refractivity contribution < 1.29 is 69.0 Å². The minimum Gasteiger partial charge on any atom is -0.480 e. The Balaban J connectivity index is 5.53. The number of nitrogens with zero attached hydrogens (tertiary/aromatic N) is 3. The van der Waals surface area contributed by atoms with Crippen molar-refractivity contribution in [2.24, 2.45) is 0 Å². The third-order valence-electron chi connectivity index (χ3n) is 5.98. The van der Waals surface area contributed by atoms with E-state index in [9.17, 15) is 53.7 Å².